The minimum absolute atomic E-state index is 0.0439. The molecule has 0 aromatic heterocycles. The monoisotopic (exact) mass is 388 g/mol. The van der Waals surface area contributed by atoms with Crippen LogP contribution in [0.5, 0.6) is 11.5 Å². The zero-order valence-electron chi connectivity index (χ0n) is 12.8. The Bertz CT molecular complexity index is 853. The third kappa shape index (κ3) is 4.11. The Morgan fingerprint density at radius 2 is 1.71 bits per heavy atom. The molecule has 0 atom stereocenters. The molecule has 0 aliphatic rings. The molecule has 0 saturated heterocycles. The van der Waals surface area contributed by atoms with Gasteiger partial charge in [0.1, 0.15) is 0 Å². The highest BCUT2D eigenvalue weighted by atomic mass is 35.5. The van der Waals surface area contributed by atoms with Crippen molar-refractivity contribution in [2.75, 3.05) is 14.2 Å². The number of rotatable bonds is 6. The van der Waals surface area contributed by atoms with Crippen LogP contribution in [-0.2, 0) is 10.0 Å². The van der Waals surface area contributed by atoms with Gasteiger partial charge in [0.15, 0.2) is 11.5 Å². The molecule has 9 heteroatoms. The second kappa shape index (κ2) is 7.74. The van der Waals surface area contributed by atoms with Gasteiger partial charge in [-0.05, 0) is 36.4 Å². The zero-order valence-corrected chi connectivity index (χ0v) is 15.1. The summed E-state index contributed by atoms with van der Waals surface area (Å²) in [7, 11) is -0.854. The first kappa shape index (κ1) is 18.4. The van der Waals surface area contributed by atoms with Crippen LogP contribution in [0.1, 0.15) is 5.56 Å². The summed E-state index contributed by atoms with van der Waals surface area (Å²) < 4.78 is 34.5. The van der Waals surface area contributed by atoms with Crippen LogP contribution in [0.2, 0.25) is 10.0 Å². The van der Waals surface area contributed by atoms with Crippen molar-refractivity contribution in [3.63, 3.8) is 0 Å². The van der Waals surface area contributed by atoms with E-state index in [1.807, 2.05) is 0 Å². The van der Waals surface area contributed by atoms with Gasteiger partial charge in [0.25, 0.3) is 10.0 Å². The number of ether oxygens (including phenoxy) is 2. The van der Waals surface area contributed by atoms with Crippen molar-refractivity contribution >= 4 is 39.4 Å². The molecule has 0 spiro atoms. The lowest BCUT2D eigenvalue weighted by molar-refractivity contribution is 0.355. The third-order valence-electron chi connectivity index (χ3n) is 3.02. The van der Waals surface area contributed by atoms with E-state index in [4.69, 9.17) is 32.7 Å². The van der Waals surface area contributed by atoms with Crippen LogP contribution in [-0.4, -0.2) is 28.9 Å². The topological polar surface area (TPSA) is 77.0 Å². The predicted molar refractivity (Wildman–Crippen MR) is 93.9 cm³/mol. The van der Waals surface area contributed by atoms with Crippen molar-refractivity contribution in [3.05, 3.63) is 52.0 Å². The van der Waals surface area contributed by atoms with E-state index in [1.54, 1.807) is 12.1 Å². The molecule has 2 aromatic carbocycles. The van der Waals surface area contributed by atoms with E-state index in [0.29, 0.717) is 22.1 Å². The summed E-state index contributed by atoms with van der Waals surface area (Å²) in [6.45, 7) is 0. The number of halogens is 2. The first-order chi connectivity index (χ1) is 11.4. The molecule has 0 radical (unpaired) electrons. The van der Waals surface area contributed by atoms with Gasteiger partial charge >= 0.3 is 0 Å². The Balaban J connectivity index is 2.21. The molecule has 0 aliphatic carbocycles. The molecule has 2 rings (SSSR count). The van der Waals surface area contributed by atoms with Crippen molar-refractivity contribution in [3.8, 4) is 11.5 Å². The summed E-state index contributed by atoms with van der Waals surface area (Å²) in [5, 5.41) is 4.42. The number of hydrogen-bond donors (Lipinski definition) is 1. The van der Waals surface area contributed by atoms with Crippen molar-refractivity contribution in [2.45, 2.75) is 4.90 Å². The summed E-state index contributed by atoms with van der Waals surface area (Å²) in [4.78, 5) is 2.15. The van der Waals surface area contributed by atoms with Gasteiger partial charge in [-0.1, -0.05) is 23.2 Å². The van der Waals surface area contributed by atoms with E-state index >= 15 is 0 Å². The van der Waals surface area contributed by atoms with Gasteiger partial charge in [0.2, 0.25) is 0 Å². The number of sulfonamides is 1. The molecule has 2 aromatic rings. The van der Waals surface area contributed by atoms with Gasteiger partial charge in [-0.15, -0.1) is 0 Å². The summed E-state index contributed by atoms with van der Waals surface area (Å²) in [6.07, 6.45) is 1.28. The highest BCUT2D eigenvalue weighted by molar-refractivity contribution is 7.89. The van der Waals surface area contributed by atoms with E-state index in [1.165, 1.54) is 44.7 Å². The van der Waals surface area contributed by atoms with Crippen molar-refractivity contribution < 1.29 is 17.9 Å². The molecule has 0 unspecified atom stereocenters. The Labute approximate surface area is 150 Å². The van der Waals surface area contributed by atoms with Gasteiger partial charge in [-0.25, -0.2) is 4.83 Å². The lowest BCUT2D eigenvalue weighted by atomic mass is 10.2. The van der Waals surface area contributed by atoms with Crippen LogP contribution in [0, 0.1) is 0 Å². The zero-order chi connectivity index (χ0) is 17.7. The average molecular weight is 389 g/mol. The van der Waals surface area contributed by atoms with Crippen LogP contribution in [0.3, 0.4) is 0 Å². The lowest BCUT2D eigenvalue weighted by Gasteiger charge is -2.10. The molecule has 0 bridgehead atoms. The number of methoxy groups -OCH3 is 2. The van der Waals surface area contributed by atoms with Crippen LogP contribution in [0.25, 0.3) is 0 Å². The van der Waals surface area contributed by atoms with Crippen LogP contribution in [0.15, 0.2) is 46.4 Å². The summed E-state index contributed by atoms with van der Waals surface area (Å²) >= 11 is 11.9. The van der Waals surface area contributed by atoms with Crippen LogP contribution < -0.4 is 14.3 Å². The maximum Gasteiger partial charge on any atom is 0.276 e. The first-order valence-corrected chi connectivity index (χ1v) is 8.84. The molecule has 128 valence electrons. The molecule has 1 N–H and O–H groups in total. The maximum atomic E-state index is 12.1. The van der Waals surface area contributed by atoms with E-state index in [2.05, 4.69) is 9.93 Å². The molecule has 0 saturated carbocycles. The molecular weight excluding hydrogens is 375 g/mol. The number of hydrazone groups is 1. The Kier molecular flexibility index (Phi) is 5.93. The summed E-state index contributed by atoms with van der Waals surface area (Å²) in [5.74, 6) is 0.796. The van der Waals surface area contributed by atoms with E-state index in [-0.39, 0.29) is 9.92 Å². The fourth-order valence-corrected chi connectivity index (χ4v) is 3.04. The minimum atomic E-state index is -3.79. The fourth-order valence-electron chi connectivity index (χ4n) is 1.84. The molecule has 0 amide bonds. The third-order valence-corrected chi connectivity index (χ3v) is 4.90. The predicted octanol–water partition coefficient (Wildman–Crippen LogP) is 3.32. The largest absolute Gasteiger partial charge is 0.493 e. The van der Waals surface area contributed by atoms with Crippen LogP contribution >= 0.6 is 23.2 Å². The normalized spacial score (nSPS) is 11.5. The van der Waals surface area contributed by atoms with Gasteiger partial charge in [-0.2, -0.15) is 13.5 Å². The van der Waals surface area contributed by atoms with E-state index in [9.17, 15) is 8.42 Å². The number of benzene rings is 2. The Morgan fingerprint density at radius 3 is 2.29 bits per heavy atom. The second-order valence-corrected chi connectivity index (χ2v) is 6.99. The van der Waals surface area contributed by atoms with Gasteiger partial charge in [0, 0.05) is 10.6 Å². The van der Waals surface area contributed by atoms with Gasteiger partial charge < -0.3 is 9.47 Å². The Morgan fingerprint density at radius 1 is 1.04 bits per heavy atom. The first-order valence-electron chi connectivity index (χ1n) is 6.60. The SMILES string of the molecule is COc1ccc(/C=N/NS(=O)(=O)c2ccc(Cl)cc2)c(Cl)c1OC. The van der Waals surface area contributed by atoms with Crippen molar-refractivity contribution in [1.29, 1.82) is 0 Å². The summed E-state index contributed by atoms with van der Waals surface area (Å²) in [6, 6.07) is 8.98. The Hall–Kier alpha value is -1.96. The second-order valence-electron chi connectivity index (χ2n) is 4.51. The number of hydrogen-bond acceptors (Lipinski definition) is 5. The average Bonchev–Trinajstić information content (AvgIpc) is 2.56. The fraction of sp³-hybridized carbons (Fsp3) is 0.133. The lowest BCUT2D eigenvalue weighted by Crippen LogP contribution is -2.18. The van der Waals surface area contributed by atoms with Gasteiger partial charge in [0.05, 0.1) is 30.4 Å². The van der Waals surface area contributed by atoms with Crippen LogP contribution in [0.4, 0.5) is 0 Å². The van der Waals surface area contributed by atoms with Crippen molar-refractivity contribution in [2.24, 2.45) is 5.10 Å². The van der Waals surface area contributed by atoms with Gasteiger partial charge in [-0.3, -0.25) is 0 Å². The highest BCUT2D eigenvalue weighted by Crippen LogP contribution is 2.36. The quantitative estimate of drug-likeness (QED) is 0.608. The minimum Gasteiger partial charge on any atom is -0.493 e. The molecular formula is C15H14Cl2N2O4S. The maximum absolute atomic E-state index is 12.1. The smallest absolute Gasteiger partial charge is 0.276 e. The molecule has 0 fully saturated rings. The molecule has 6 nitrogen and oxygen atoms in total. The molecule has 24 heavy (non-hydrogen) atoms. The highest BCUT2D eigenvalue weighted by Gasteiger charge is 2.14. The molecule has 0 heterocycles. The number of nitrogens with zero attached hydrogens (tertiary/aromatic N) is 1. The van der Waals surface area contributed by atoms with E-state index < -0.39 is 10.0 Å². The van der Waals surface area contributed by atoms with Crippen molar-refractivity contribution in [1.82, 2.24) is 4.83 Å². The summed E-state index contributed by atoms with van der Waals surface area (Å²) in [5.41, 5.74) is 0.466. The number of nitrogens with one attached hydrogen (secondary N) is 1. The molecule has 0 aliphatic heterocycles. The van der Waals surface area contributed by atoms with E-state index in [0.717, 1.165) is 0 Å². The standard InChI is InChI=1S/C15H14Cl2N2O4S/c1-22-13-8-3-10(14(17)15(13)23-2)9-18-19-24(20,21)12-6-4-11(16)5-7-12/h3-9,19H,1-2H3/b18-9+.